The normalized spacial score (nSPS) is 12.7. The van der Waals surface area contributed by atoms with Crippen molar-refractivity contribution in [2.75, 3.05) is 5.32 Å². The number of hydrogen-bond acceptors (Lipinski definition) is 5. The molecule has 2 N–H and O–H groups in total. The number of nitrogens with one attached hydrogen (secondary N) is 2. The van der Waals surface area contributed by atoms with E-state index in [0.29, 0.717) is 5.69 Å². The van der Waals surface area contributed by atoms with Gasteiger partial charge in [-0.3, -0.25) is 4.79 Å². The number of anilines is 1. The number of alkyl carbamates (subject to hydrolysis) is 1. The summed E-state index contributed by atoms with van der Waals surface area (Å²) >= 11 is 0. The fraction of sp³-hybridized carbons (Fsp3) is 0.591. The number of carbonyl (C=O) groups is 3. The summed E-state index contributed by atoms with van der Waals surface area (Å²) in [4.78, 5) is 36.9. The molecule has 0 saturated carbocycles. The number of aryl methyl sites for hydroxylation is 1. The van der Waals surface area contributed by atoms with Gasteiger partial charge >= 0.3 is 12.1 Å². The van der Waals surface area contributed by atoms with Crippen molar-refractivity contribution in [3.8, 4) is 0 Å². The largest absolute Gasteiger partial charge is 0.458 e. The molecule has 0 saturated heterocycles. The lowest BCUT2D eigenvalue weighted by Gasteiger charge is -2.26. The van der Waals surface area contributed by atoms with Gasteiger partial charge in [0.05, 0.1) is 0 Å². The molecule has 0 aliphatic rings. The number of ether oxygens (including phenoxy) is 2. The van der Waals surface area contributed by atoms with Crippen LogP contribution in [0, 0.1) is 0 Å². The molecular weight excluding hydrogens is 372 g/mol. The number of carbonyl (C=O) groups excluding carboxylic acids is 3. The monoisotopic (exact) mass is 406 g/mol. The summed E-state index contributed by atoms with van der Waals surface area (Å²) in [6, 6.07) is 6.58. The Balaban J connectivity index is 2.75. The Morgan fingerprint density at radius 2 is 1.62 bits per heavy atom. The Kier molecular flexibility index (Phi) is 8.67. The van der Waals surface area contributed by atoms with Gasteiger partial charge in [-0.05, 0) is 72.1 Å². The van der Waals surface area contributed by atoms with Gasteiger partial charge in [0.25, 0.3) is 0 Å². The molecule has 0 fully saturated rings. The van der Waals surface area contributed by atoms with Gasteiger partial charge in [0, 0.05) is 12.1 Å². The van der Waals surface area contributed by atoms with Crippen LogP contribution in [-0.4, -0.2) is 35.2 Å². The molecule has 0 bridgehead atoms. The minimum absolute atomic E-state index is 0.0378. The molecule has 1 rings (SSSR count). The van der Waals surface area contributed by atoms with Gasteiger partial charge in [-0.15, -0.1) is 0 Å². The number of esters is 1. The highest BCUT2D eigenvalue weighted by molar-refractivity contribution is 5.91. The van der Waals surface area contributed by atoms with E-state index in [0.717, 1.165) is 12.0 Å². The zero-order chi connectivity index (χ0) is 22.2. The van der Waals surface area contributed by atoms with Gasteiger partial charge in [-0.25, -0.2) is 9.59 Å². The second-order valence-corrected chi connectivity index (χ2v) is 8.87. The highest BCUT2D eigenvalue weighted by Gasteiger charge is 2.29. The van der Waals surface area contributed by atoms with E-state index in [-0.39, 0.29) is 18.7 Å². The van der Waals surface area contributed by atoms with Gasteiger partial charge in [-0.1, -0.05) is 19.1 Å². The molecule has 7 nitrogen and oxygen atoms in total. The van der Waals surface area contributed by atoms with Crippen LogP contribution in [0.3, 0.4) is 0 Å². The van der Waals surface area contributed by atoms with Crippen molar-refractivity contribution in [3.63, 3.8) is 0 Å². The van der Waals surface area contributed by atoms with Gasteiger partial charge in [0.1, 0.15) is 17.2 Å². The van der Waals surface area contributed by atoms with Crippen LogP contribution in [0.1, 0.15) is 66.9 Å². The summed E-state index contributed by atoms with van der Waals surface area (Å²) in [5, 5.41) is 5.33. The van der Waals surface area contributed by atoms with Gasteiger partial charge in [0.2, 0.25) is 5.91 Å². The lowest BCUT2D eigenvalue weighted by molar-refractivity contribution is -0.157. The smallest absolute Gasteiger partial charge is 0.408 e. The highest BCUT2D eigenvalue weighted by atomic mass is 16.6. The summed E-state index contributed by atoms with van der Waals surface area (Å²) in [6.45, 7) is 12.4. The molecule has 0 spiro atoms. The zero-order valence-electron chi connectivity index (χ0n) is 18.5. The molecule has 0 aliphatic carbocycles. The molecule has 162 valence electrons. The van der Waals surface area contributed by atoms with E-state index in [2.05, 4.69) is 10.6 Å². The molecular formula is C22H34N2O5. The van der Waals surface area contributed by atoms with Gasteiger partial charge < -0.3 is 20.1 Å². The van der Waals surface area contributed by atoms with Gasteiger partial charge in [-0.2, -0.15) is 0 Å². The van der Waals surface area contributed by atoms with E-state index >= 15 is 0 Å². The Hall–Kier alpha value is -2.57. The van der Waals surface area contributed by atoms with Crippen molar-refractivity contribution in [1.82, 2.24) is 5.32 Å². The van der Waals surface area contributed by atoms with Crippen molar-refractivity contribution >= 4 is 23.7 Å². The third kappa shape index (κ3) is 10.5. The quantitative estimate of drug-likeness (QED) is 0.662. The second kappa shape index (κ2) is 10.3. The van der Waals surface area contributed by atoms with Crippen molar-refractivity contribution in [3.05, 3.63) is 29.8 Å². The molecule has 0 unspecified atom stereocenters. The molecule has 1 aromatic carbocycles. The number of amides is 2. The predicted molar refractivity (Wildman–Crippen MR) is 113 cm³/mol. The van der Waals surface area contributed by atoms with E-state index in [1.807, 2.05) is 25.1 Å². The maximum absolute atomic E-state index is 12.5. The first kappa shape index (κ1) is 24.5. The lowest BCUT2D eigenvalue weighted by atomic mass is 10.1. The van der Waals surface area contributed by atoms with E-state index in [4.69, 9.17) is 9.47 Å². The van der Waals surface area contributed by atoms with Crippen molar-refractivity contribution < 1.29 is 23.9 Å². The van der Waals surface area contributed by atoms with Crippen molar-refractivity contribution in [2.45, 2.75) is 85.0 Å². The maximum atomic E-state index is 12.5. The summed E-state index contributed by atoms with van der Waals surface area (Å²) in [5.41, 5.74) is 0.391. The van der Waals surface area contributed by atoms with E-state index < -0.39 is 29.3 Å². The van der Waals surface area contributed by atoms with Gasteiger partial charge in [0.15, 0.2) is 0 Å². The van der Waals surface area contributed by atoms with Crippen LogP contribution in [0.25, 0.3) is 0 Å². The van der Waals surface area contributed by atoms with E-state index in [1.54, 1.807) is 47.6 Å². The van der Waals surface area contributed by atoms with Crippen LogP contribution in [0.5, 0.6) is 0 Å². The van der Waals surface area contributed by atoms with Crippen LogP contribution >= 0.6 is 0 Å². The summed E-state index contributed by atoms with van der Waals surface area (Å²) < 4.78 is 10.6. The van der Waals surface area contributed by atoms with Crippen molar-refractivity contribution in [2.24, 2.45) is 0 Å². The highest BCUT2D eigenvalue weighted by Crippen LogP contribution is 2.15. The maximum Gasteiger partial charge on any atom is 0.408 e. The minimum atomic E-state index is -0.989. The molecule has 1 aromatic rings. The van der Waals surface area contributed by atoms with Crippen LogP contribution in [0.15, 0.2) is 24.3 Å². The fourth-order valence-corrected chi connectivity index (χ4v) is 2.44. The molecule has 29 heavy (non-hydrogen) atoms. The van der Waals surface area contributed by atoms with Crippen LogP contribution < -0.4 is 10.6 Å². The number of rotatable bonds is 7. The molecule has 0 aliphatic heterocycles. The SMILES string of the molecule is CCc1cccc(NC(=O)CC[C@H](NC(=O)OC(C)(C)C)C(=O)OC(C)(C)C)c1. The van der Waals surface area contributed by atoms with Crippen molar-refractivity contribution in [1.29, 1.82) is 0 Å². The first-order chi connectivity index (χ1) is 13.3. The first-order valence-electron chi connectivity index (χ1n) is 9.90. The minimum Gasteiger partial charge on any atom is -0.458 e. The Morgan fingerprint density at radius 1 is 1.00 bits per heavy atom. The average molecular weight is 407 g/mol. The Morgan fingerprint density at radius 3 is 2.17 bits per heavy atom. The summed E-state index contributed by atoms with van der Waals surface area (Å²) in [6.07, 6.45) is 0.262. The standard InChI is InChI=1S/C22H34N2O5/c1-8-15-10-9-11-16(14-15)23-18(25)13-12-17(19(26)28-21(2,3)4)24-20(27)29-22(5,6)7/h9-11,14,17H,8,12-13H2,1-7H3,(H,23,25)(H,24,27)/t17-/m0/s1. The first-order valence-corrected chi connectivity index (χ1v) is 9.90. The Bertz CT molecular complexity index is 717. The third-order valence-electron chi connectivity index (χ3n) is 3.66. The average Bonchev–Trinajstić information content (AvgIpc) is 2.55. The second-order valence-electron chi connectivity index (χ2n) is 8.87. The lowest BCUT2D eigenvalue weighted by Crippen LogP contribution is -2.46. The molecule has 7 heteroatoms. The molecule has 1 atom stereocenters. The van der Waals surface area contributed by atoms with E-state index in [1.165, 1.54) is 0 Å². The molecule has 2 amide bonds. The fourth-order valence-electron chi connectivity index (χ4n) is 2.44. The molecule has 0 radical (unpaired) electrons. The molecule has 0 heterocycles. The molecule has 0 aromatic heterocycles. The van der Waals surface area contributed by atoms with Crippen LogP contribution in [-0.2, 0) is 25.5 Å². The summed E-state index contributed by atoms with van der Waals surface area (Å²) in [5.74, 6) is -0.859. The number of benzene rings is 1. The zero-order valence-corrected chi connectivity index (χ0v) is 18.5. The van der Waals surface area contributed by atoms with Crippen LogP contribution in [0.2, 0.25) is 0 Å². The third-order valence-corrected chi connectivity index (χ3v) is 3.66. The predicted octanol–water partition coefficient (Wildman–Crippen LogP) is 4.20. The topological polar surface area (TPSA) is 93.7 Å². The van der Waals surface area contributed by atoms with Crippen LogP contribution in [0.4, 0.5) is 10.5 Å². The summed E-state index contributed by atoms with van der Waals surface area (Å²) in [7, 11) is 0. The Labute approximate surface area is 173 Å². The number of hydrogen-bond donors (Lipinski definition) is 2. The van der Waals surface area contributed by atoms with E-state index in [9.17, 15) is 14.4 Å².